The summed E-state index contributed by atoms with van der Waals surface area (Å²) in [5.74, 6) is 1.63. The molecule has 0 saturated heterocycles. The van der Waals surface area contributed by atoms with Gasteiger partial charge in [0.15, 0.2) is 0 Å². The molecule has 19 heavy (non-hydrogen) atoms. The Bertz CT molecular complexity index is 391. The summed E-state index contributed by atoms with van der Waals surface area (Å²) in [6, 6.07) is 8.88. The highest BCUT2D eigenvalue weighted by molar-refractivity contribution is 5.31. The Balaban J connectivity index is 1.80. The summed E-state index contributed by atoms with van der Waals surface area (Å²) in [4.78, 5) is 0. The molecule has 0 amide bonds. The van der Waals surface area contributed by atoms with Crippen LogP contribution in [0.3, 0.4) is 0 Å². The lowest BCUT2D eigenvalue weighted by Gasteiger charge is -2.19. The molecule has 1 aliphatic carbocycles. The zero-order valence-corrected chi connectivity index (χ0v) is 12.5. The van der Waals surface area contributed by atoms with Gasteiger partial charge < -0.3 is 10.5 Å². The van der Waals surface area contributed by atoms with Crippen LogP contribution in [-0.2, 0) is 5.41 Å². The SMILES string of the molecule is CC(C)(C)c1ccc(OCCC2CCCC2N)cc1. The standard InChI is InChI=1S/C17H27NO/c1-17(2,3)14-7-9-15(10-8-14)19-12-11-13-5-4-6-16(13)18/h7-10,13,16H,4-6,11-12,18H2,1-3H3. The maximum atomic E-state index is 6.07. The predicted molar refractivity (Wildman–Crippen MR) is 80.6 cm³/mol. The molecule has 1 aromatic carbocycles. The van der Waals surface area contributed by atoms with Crippen molar-refractivity contribution in [2.45, 2.75) is 57.9 Å². The van der Waals surface area contributed by atoms with Crippen LogP contribution in [-0.4, -0.2) is 12.6 Å². The van der Waals surface area contributed by atoms with Gasteiger partial charge in [0.2, 0.25) is 0 Å². The molecule has 0 aliphatic heterocycles. The molecule has 2 nitrogen and oxygen atoms in total. The summed E-state index contributed by atoms with van der Waals surface area (Å²) >= 11 is 0. The third-order valence-electron chi connectivity index (χ3n) is 4.20. The van der Waals surface area contributed by atoms with Crippen LogP contribution in [0.5, 0.6) is 5.75 Å². The Morgan fingerprint density at radius 1 is 1.16 bits per heavy atom. The Kier molecular flexibility index (Phi) is 4.51. The monoisotopic (exact) mass is 261 g/mol. The summed E-state index contributed by atoms with van der Waals surface area (Å²) in [7, 11) is 0. The number of hydrogen-bond acceptors (Lipinski definition) is 2. The zero-order valence-electron chi connectivity index (χ0n) is 12.5. The fraction of sp³-hybridized carbons (Fsp3) is 0.647. The van der Waals surface area contributed by atoms with Crippen LogP contribution in [0.4, 0.5) is 0 Å². The van der Waals surface area contributed by atoms with Crippen LogP contribution in [0.1, 0.15) is 52.0 Å². The molecule has 2 N–H and O–H groups in total. The average Bonchev–Trinajstić information content (AvgIpc) is 2.75. The van der Waals surface area contributed by atoms with E-state index in [1.807, 2.05) is 0 Å². The van der Waals surface area contributed by atoms with Crippen LogP contribution in [0.25, 0.3) is 0 Å². The molecule has 0 radical (unpaired) electrons. The van der Waals surface area contributed by atoms with Gasteiger partial charge in [-0.1, -0.05) is 39.3 Å². The van der Waals surface area contributed by atoms with E-state index in [0.717, 1.165) is 18.8 Å². The quantitative estimate of drug-likeness (QED) is 0.892. The summed E-state index contributed by atoms with van der Waals surface area (Å²) in [6.07, 6.45) is 4.83. The summed E-state index contributed by atoms with van der Waals surface area (Å²) in [5.41, 5.74) is 7.62. The Morgan fingerprint density at radius 3 is 2.37 bits per heavy atom. The minimum atomic E-state index is 0.204. The number of benzene rings is 1. The van der Waals surface area contributed by atoms with Gasteiger partial charge in [-0.15, -0.1) is 0 Å². The molecule has 1 aliphatic rings. The van der Waals surface area contributed by atoms with Gasteiger partial charge in [0.25, 0.3) is 0 Å². The molecule has 2 atom stereocenters. The Hall–Kier alpha value is -1.02. The molecule has 2 unspecified atom stereocenters. The average molecular weight is 261 g/mol. The first kappa shape index (κ1) is 14.4. The number of nitrogens with two attached hydrogens (primary N) is 1. The molecule has 0 heterocycles. The number of ether oxygens (including phenoxy) is 1. The van der Waals surface area contributed by atoms with Crippen LogP contribution >= 0.6 is 0 Å². The van der Waals surface area contributed by atoms with Crippen molar-refractivity contribution < 1.29 is 4.74 Å². The topological polar surface area (TPSA) is 35.2 Å². The van der Waals surface area contributed by atoms with Gasteiger partial charge in [0.05, 0.1) is 6.61 Å². The highest BCUT2D eigenvalue weighted by atomic mass is 16.5. The molecule has 0 spiro atoms. The molecule has 1 saturated carbocycles. The first-order chi connectivity index (χ1) is 8.97. The van der Waals surface area contributed by atoms with Gasteiger partial charge >= 0.3 is 0 Å². The largest absolute Gasteiger partial charge is 0.494 e. The third-order valence-corrected chi connectivity index (χ3v) is 4.20. The smallest absolute Gasteiger partial charge is 0.119 e. The maximum absolute atomic E-state index is 6.07. The van der Waals surface area contributed by atoms with Crippen LogP contribution in [0.15, 0.2) is 24.3 Å². The van der Waals surface area contributed by atoms with E-state index in [9.17, 15) is 0 Å². The first-order valence-electron chi connectivity index (χ1n) is 7.46. The summed E-state index contributed by atoms with van der Waals surface area (Å²) in [6.45, 7) is 7.46. The van der Waals surface area contributed by atoms with E-state index in [0.29, 0.717) is 12.0 Å². The van der Waals surface area contributed by atoms with Gasteiger partial charge in [-0.25, -0.2) is 0 Å². The maximum Gasteiger partial charge on any atom is 0.119 e. The van der Waals surface area contributed by atoms with Gasteiger partial charge in [-0.05, 0) is 48.3 Å². The number of hydrogen-bond donors (Lipinski definition) is 1. The lowest BCUT2D eigenvalue weighted by molar-refractivity contribution is 0.271. The van der Waals surface area contributed by atoms with Crippen LogP contribution in [0, 0.1) is 5.92 Å². The lowest BCUT2D eigenvalue weighted by Crippen LogP contribution is -2.25. The second kappa shape index (κ2) is 5.96. The van der Waals surface area contributed by atoms with Crippen LogP contribution in [0.2, 0.25) is 0 Å². The molecule has 1 aromatic rings. The predicted octanol–water partition coefficient (Wildman–Crippen LogP) is 3.88. The normalized spacial score (nSPS) is 23.6. The molecular formula is C17H27NO. The van der Waals surface area contributed by atoms with E-state index >= 15 is 0 Å². The molecular weight excluding hydrogens is 234 g/mol. The summed E-state index contributed by atoms with van der Waals surface area (Å²) < 4.78 is 5.83. The minimum Gasteiger partial charge on any atom is -0.494 e. The van der Waals surface area contributed by atoms with Gasteiger partial charge in [-0.3, -0.25) is 0 Å². The second-order valence-electron chi connectivity index (χ2n) is 6.77. The first-order valence-corrected chi connectivity index (χ1v) is 7.46. The third kappa shape index (κ3) is 3.97. The fourth-order valence-corrected chi connectivity index (χ4v) is 2.80. The molecule has 2 rings (SSSR count). The van der Waals surface area contributed by atoms with Gasteiger partial charge in [0.1, 0.15) is 5.75 Å². The van der Waals surface area contributed by atoms with E-state index in [4.69, 9.17) is 10.5 Å². The molecule has 2 heteroatoms. The van der Waals surface area contributed by atoms with Crippen molar-refractivity contribution in [1.29, 1.82) is 0 Å². The number of rotatable bonds is 4. The Labute approximate surface area is 117 Å². The van der Waals surface area contributed by atoms with E-state index in [-0.39, 0.29) is 5.41 Å². The van der Waals surface area contributed by atoms with Gasteiger partial charge in [-0.2, -0.15) is 0 Å². The zero-order chi connectivity index (χ0) is 13.9. The van der Waals surface area contributed by atoms with E-state index < -0.39 is 0 Å². The molecule has 1 fully saturated rings. The fourth-order valence-electron chi connectivity index (χ4n) is 2.80. The van der Waals surface area contributed by atoms with Crippen molar-refractivity contribution in [2.24, 2.45) is 11.7 Å². The molecule has 106 valence electrons. The van der Waals surface area contributed by atoms with Crippen molar-refractivity contribution in [1.82, 2.24) is 0 Å². The Morgan fingerprint density at radius 2 is 1.84 bits per heavy atom. The van der Waals surface area contributed by atoms with E-state index in [1.165, 1.54) is 24.8 Å². The van der Waals surface area contributed by atoms with Crippen molar-refractivity contribution in [3.8, 4) is 5.75 Å². The minimum absolute atomic E-state index is 0.204. The van der Waals surface area contributed by atoms with Crippen molar-refractivity contribution in [3.05, 3.63) is 29.8 Å². The molecule has 0 aromatic heterocycles. The highest BCUT2D eigenvalue weighted by Gasteiger charge is 2.23. The van der Waals surface area contributed by atoms with Crippen molar-refractivity contribution in [2.75, 3.05) is 6.61 Å². The second-order valence-corrected chi connectivity index (χ2v) is 6.77. The van der Waals surface area contributed by atoms with Gasteiger partial charge in [0, 0.05) is 6.04 Å². The lowest BCUT2D eigenvalue weighted by atomic mass is 9.87. The van der Waals surface area contributed by atoms with E-state index in [1.54, 1.807) is 0 Å². The van der Waals surface area contributed by atoms with Crippen molar-refractivity contribution in [3.63, 3.8) is 0 Å². The van der Waals surface area contributed by atoms with Crippen molar-refractivity contribution >= 4 is 0 Å². The summed E-state index contributed by atoms with van der Waals surface area (Å²) in [5, 5.41) is 0. The molecule has 0 bridgehead atoms. The van der Waals surface area contributed by atoms with Crippen LogP contribution < -0.4 is 10.5 Å². The van der Waals surface area contributed by atoms with E-state index in [2.05, 4.69) is 45.0 Å². The highest BCUT2D eigenvalue weighted by Crippen LogP contribution is 2.27.